The zero-order chi connectivity index (χ0) is 14.5. The first-order chi connectivity index (χ1) is 9.61. The summed E-state index contributed by atoms with van der Waals surface area (Å²) in [6.07, 6.45) is 3.60. The third kappa shape index (κ3) is 3.23. The molecule has 2 aromatic rings. The molecule has 0 amide bonds. The van der Waals surface area contributed by atoms with E-state index in [4.69, 9.17) is 9.47 Å². The highest BCUT2D eigenvalue weighted by Crippen LogP contribution is 2.16. The summed E-state index contributed by atoms with van der Waals surface area (Å²) in [6, 6.07) is 7.56. The fourth-order valence-electron chi connectivity index (χ4n) is 1.93. The van der Waals surface area contributed by atoms with Gasteiger partial charge in [-0.25, -0.2) is 4.79 Å². The van der Waals surface area contributed by atoms with E-state index in [1.54, 1.807) is 28.6 Å². The number of benzene rings is 1. The van der Waals surface area contributed by atoms with Crippen LogP contribution in [0.25, 0.3) is 0 Å². The molecule has 0 saturated heterocycles. The van der Waals surface area contributed by atoms with Crippen molar-refractivity contribution in [3.8, 4) is 11.5 Å². The quantitative estimate of drug-likeness (QED) is 0.813. The van der Waals surface area contributed by atoms with Crippen molar-refractivity contribution < 1.29 is 9.47 Å². The Hall–Kier alpha value is -2.17. The summed E-state index contributed by atoms with van der Waals surface area (Å²) in [4.78, 5) is 12.0. The molecule has 1 aromatic carbocycles. The molecule has 5 nitrogen and oxygen atoms in total. The third-order valence-corrected chi connectivity index (χ3v) is 3.09. The number of ether oxygens (including phenoxy) is 2. The Bertz CT molecular complexity index is 596. The van der Waals surface area contributed by atoms with Crippen molar-refractivity contribution >= 4 is 0 Å². The van der Waals surface area contributed by atoms with Crippen molar-refractivity contribution in [3.63, 3.8) is 0 Å². The minimum atomic E-state index is -0.00155. The lowest BCUT2D eigenvalue weighted by molar-refractivity contribution is 0.295. The molecule has 5 heteroatoms. The van der Waals surface area contributed by atoms with Crippen LogP contribution in [-0.2, 0) is 6.54 Å². The molecule has 0 atom stereocenters. The molecular formula is C15H20N2O3. The summed E-state index contributed by atoms with van der Waals surface area (Å²) in [5.74, 6) is 1.56. The van der Waals surface area contributed by atoms with Gasteiger partial charge in [0.05, 0.1) is 13.7 Å². The number of imidazole rings is 1. The Morgan fingerprint density at radius 3 is 2.30 bits per heavy atom. The predicted molar refractivity (Wildman–Crippen MR) is 77.6 cm³/mol. The molecule has 2 rings (SSSR count). The topological polar surface area (TPSA) is 45.4 Å². The standard InChI is InChI=1S/C15H20N2O3/c1-12(2)17-9-8-16(15(17)18)10-11-20-14-6-4-13(19-3)5-7-14/h4-9,12H,10-11H2,1-3H3. The summed E-state index contributed by atoms with van der Waals surface area (Å²) < 4.78 is 14.0. The Kier molecular flexibility index (Phi) is 4.50. The van der Waals surface area contributed by atoms with E-state index in [2.05, 4.69) is 0 Å². The van der Waals surface area contributed by atoms with Gasteiger partial charge in [-0.15, -0.1) is 0 Å². The van der Waals surface area contributed by atoms with Gasteiger partial charge in [0.15, 0.2) is 0 Å². The molecule has 0 radical (unpaired) electrons. The van der Waals surface area contributed by atoms with Crippen molar-refractivity contribution in [1.29, 1.82) is 0 Å². The number of nitrogens with zero attached hydrogens (tertiary/aromatic N) is 2. The molecule has 0 aliphatic carbocycles. The van der Waals surface area contributed by atoms with E-state index in [1.165, 1.54) is 0 Å². The van der Waals surface area contributed by atoms with E-state index < -0.39 is 0 Å². The normalized spacial score (nSPS) is 10.8. The van der Waals surface area contributed by atoms with Crippen LogP contribution in [0.2, 0.25) is 0 Å². The lowest BCUT2D eigenvalue weighted by Crippen LogP contribution is -2.26. The fourth-order valence-corrected chi connectivity index (χ4v) is 1.93. The van der Waals surface area contributed by atoms with Crippen molar-refractivity contribution in [3.05, 3.63) is 47.1 Å². The number of methoxy groups -OCH3 is 1. The smallest absolute Gasteiger partial charge is 0.328 e. The largest absolute Gasteiger partial charge is 0.497 e. The van der Waals surface area contributed by atoms with Crippen LogP contribution in [0.5, 0.6) is 11.5 Å². The number of hydrogen-bond donors (Lipinski definition) is 0. The van der Waals surface area contributed by atoms with Crippen LogP contribution < -0.4 is 15.2 Å². The molecule has 0 aliphatic heterocycles. The van der Waals surface area contributed by atoms with Gasteiger partial charge in [0, 0.05) is 18.4 Å². The van der Waals surface area contributed by atoms with Crippen molar-refractivity contribution in [2.45, 2.75) is 26.4 Å². The lowest BCUT2D eigenvalue weighted by atomic mass is 10.3. The lowest BCUT2D eigenvalue weighted by Gasteiger charge is -2.08. The van der Waals surface area contributed by atoms with E-state index in [0.717, 1.165) is 11.5 Å². The zero-order valence-corrected chi connectivity index (χ0v) is 12.1. The molecular weight excluding hydrogens is 256 g/mol. The summed E-state index contributed by atoms with van der Waals surface area (Å²) >= 11 is 0. The minimum absolute atomic E-state index is 0.00155. The summed E-state index contributed by atoms with van der Waals surface area (Å²) in [6.45, 7) is 4.96. The molecule has 0 aliphatic rings. The Labute approximate surface area is 118 Å². The second kappa shape index (κ2) is 6.32. The van der Waals surface area contributed by atoms with Gasteiger partial charge in [-0.05, 0) is 38.1 Å². The molecule has 1 heterocycles. The number of hydrogen-bond acceptors (Lipinski definition) is 3. The van der Waals surface area contributed by atoms with E-state index in [9.17, 15) is 4.79 Å². The number of aromatic nitrogens is 2. The predicted octanol–water partition coefficient (Wildman–Crippen LogP) is 2.32. The van der Waals surface area contributed by atoms with E-state index in [1.807, 2.05) is 38.1 Å². The first-order valence-corrected chi connectivity index (χ1v) is 6.66. The van der Waals surface area contributed by atoms with Gasteiger partial charge in [0.25, 0.3) is 0 Å². The van der Waals surface area contributed by atoms with Crippen LogP contribution >= 0.6 is 0 Å². The van der Waals surface area contributed by atoms with Crippen LogP contribution in [-0.4, -0.2) is 22.9 Å². The SMILES string of the molecule is COc1ccc(OCCn2ccn(C(C)C)c2=O)cc1. The van der Waals surface area contributed by atoms with E-state index in [-0.39, 0.29) is 11.7 Å². The average Bonchev–Trinajstić information content (AvgIpc) is 2.81. The maximum absolute atomic E-state index is 12.0. The average molecular weight is 276 g/mol. The van der Waals surface area contributed by atoms with E-state index >= 15 is 0 Å². The second-order valence-corrected chi connectivity index (χ2v) is 4.80. The molecule has 0 bridgehead atoms. The van der Waals surface area contributed by atoms with Crippen molar-refractivity contribution in [2.24, 2.45) is 0 Å². The van der Waals surface area contributed by atoms with Gasteiger partial charge >= 0.3 is 5.69 Å². The van der Waals surface area contributed by atoms with Crippen LogP contribution in [0, 0.1) is 0 Å². The first-order valence-electron chi connectivity index (χ1n) is 6.66. The number of rotatable bonds is 6. The van der Waals surface area contributed by atoms with Crippen LogP contribution in [0.15, 0.2) is 41.5 Å². The highest BCUT2D eigenvalue weighted by molar-refractivity contribution is 5.31. The molecule has 108 valence electrons. The fraction of sp³-hybridized carbons (Fsp3) is 0.400. The summed E-state index contributed by atoms with van der Waals surface area (Å²) in [5.41, 5.74) is -0.00155. The highest BCUT2D eigenvalue weighted by Gasteiger charge is 2.05. The molecule has 0 fully saturated rings. The molecule has 0 unspecified atom stereocenters. The molecule has 0 spiro atoms. The van der Waals surface area contributed by atoms with Gasteiger partial charge < -0.3 is 9.47 Å². The monoisotopic (exact) mass is 276 g/mol. The van der Waals surface area contributed by atoms with Gasteiger partial charge in [-0.3, -0.25) is 9.13 Å². The Morgan fingerprint density at radius 1 is 1.10 bits per heavy atom. The van der Waals surface area contributed by atoms with Crippen LogP contribution in [0.4, 0.5) is 0 Å². The van der Waals surface area contributed by atoms with Crippen LogP contribution in [0.1, 0.15) is 19.9 Å². The maximum Gasteiger partial charge on any atom is 0.328 e. The molecule has 0 N–H and O–H groups in total. The van der Waals surface area contributed by atoms with Gasteiger partial charge in [0.2, 0.25) is 0 Å². The van der Waals surface area contributed by atoms with Gasteiger partial charge in [0.1, 0.15) is 18.1 Å². The van der Waals surface area contributed by atoms with Crippen molar-refractivity contribution in [1.82, 2.24) is 9.13 Å². The molecule has 1 aromatic heterocycles. The van der Waals surface area contributed by atoms with E-state index in [0.29, 0.717) is 13.2 Å². The molecule has 0 saturated carbocycles. The second-order valence-electron chi connectivity index (χ2n) is 4.80. The third-order valence-electron chi connectivity index (χ3n) is 3.09. The minimum Gasteiger partial charge on any atom is -0.497 e. The maximum atomic E-state index is 12.0. The Morgan fingerprint density at radius 2 is 1.75 bits per heavy atom. The zero-order valence-electron chi connectivity index (χ0n) is 12.1. The summed E-state index contributed by atoms with van der Waals surface area (Å²) in [5, 5.41) is 0. The summed E-state index contributed by atoms with van der Waals surface area (Å²) in [7, 11) is 1.63. The first kappa shape index (κ1) is 14.2. The Balaban J connectivity index is 1.91. The van der Waals surface area contributed by atoms with Gasteiger partial charge in [-0.1, -0.05) is 0 Å². The molecule has 20 heavy (non-hydrogen) atoms. The van der Waals surface area contributed by atoms with Crippen molar-refractivity contribution in [2.75, 3.05) is 13.7 Å². The highest BCUT2D eigenvalue weighted by atomic mass is 16.5. The van der Waals surface area contributed by atoms with Crippen LogP contribution in [0.3, 0.4) is 0 Å². The van der Waals surface area contributed by atoms with Gasteiger partial charge in [-0.2, -0.15) is 0 Å².